The average Bonchev–Trinajstić information content (AvgIpc) is 3.33. The van der Waals surface area contributed by atoms with E-state index in [9.17, 15) is 4.79 Å². The molecule has 178 valence electrons. The van der Waals surface area contributed by atoms with Crippen LogP contribution in [-0.4, -0.2) is 47.9 Å². The molecule has 2 amide bonds. The standard InChI is InChI=1S/C26H30N4O4/c1-5-33-14-8-13-30-18(3)22(23(27-26(30)31)19-10-7-12-21(16-19)32-4)25-28-24(29-34-25)20-11-6-9-17(2)15-20/h6-7,9-12,15-16,23H,5,8,13-14H2,1-4H3,(H,27,31). The monoisotopic (exact) mass is 462 g/mol. The Morgan fingerprint density at radius 3 is 2.74 bits per heavy atom. The number of urea groups is 1. The number of carbonyl (C=O) groups excluding carboxylic acids is 1. The number of hydrogen-bond donors (Lipinski definition) is 1. The third-order valence-electron chi connectivity index (χ3n) is 5.83. The number of hydrogen-bond acceptors (Lipinski definition) is 6. The van der Waals surface area contributed by atoms with E-state index in [-0.39, 0.29) is 6.03 Å². The second-order valence-corrected chi connectivity index (χ2v) is 8.15. The van der Waals surface area contributed by atoms with Crippen molar-refractivity contribution in [2.45, 2.75) is 33.2 Å². The Balaban J connectivity index is 1.75. The van der Waals surface area contributed by atoms with Crippen molar-refractivity contribution in [3.8, 4) is 17.1 Å². The van der Waals surface area contributed by atoms with Crippen LogP contribution in [0, 0.1) is 6.92 Å². The van der Waals surface area contributed by atoms with Gasteiger partial charge in [-0.25, -0.2) is 4.79 Å². The van der Waals surface area contributed by atoms with E-state index in [1.54, 1.807) is 12.0 Å². The van der Waals surface area contributed by atoms with Crippen LogP contribution in [0.15, 0.2) is 58.8 Å². The summed E-state index contributed by atoms with van der Waals surface area (Å²) in [6, 6.07) is 14.9. The summed E-state index contributed by atoms with van der Waals surface area (Å²) in [6.07, 6.45) is 0.716. The molecule has 0 saturated heterocycles. The molecule has 1 unspecified atom stereocenters. The zero-order valence-electron chi connectivity index (χ0n) is 20.0. The van der Waals surface area contributed by atoms with Gasteiger partial charge in [-0.05, 0) is 51.0 Å². The number of aryl methyl sites for hydroxylation is 1. The Bertz CT molecular complexity index is 1190. The van der Waals surface area contributed by atoms with Crippen molar-refractivity contribution in [3.05, 3.63) is 71.2 Å². The summed E-state index contributed by atoms with van der Waals surface area (Å²) in [5.74, 6) is 1.58. The number of nitrogens with zero attached hydrogens (tertiary/aromatic N) is 3. The molecule has 4 rings (SSSR count). The van der Waals surface area contributed by atoms with Crippen molar-refractivity contribution in [3.63, 3.8) is 0 Å². The second kappa shape index (κ2) is 10.5. The van der Waals surface area contributed by atoms with Crippen molar-refractivity contribution in [2.75, 3.05) is 26.9 Å². The van der Waals surface area contributed by atoms with E-state index in [1.165, 1.54) is 0 Å². The number of carbonyl (C=O) groups is 1. The summed E-state index contributed by atoms with van der Waals surface area (Å²) in [5, 5.41) is 7.35. The molecule has 0 bridgehead atoms. The van der Waals surface area contributed by atoms with Crippen molar-refractivity contribution in [1.29, 1.82) is 0 Å². The quantitative estimate of drug-likeness (QED) is 0.451. The highest BCUT2D eigenvalue weighted by atomic mass is 16.5. The fourth-order valence-corrected chi connectivity index (χ4v) is 4.10. The zero-order chi connectivity index (χ0) is 24.1. The SMILES string of the molecule is CCOCCCN1C(=O)NC(c2cccc(OC)c2)C(c2nc(-c3cccc(C)c3)no2)=C1C. The highest BCUT2D eigenvalue weighted by molar-refractivity contribution is 5.87. The highest BCUT2D eigenvalue weighted by Gasteiger charge is 2.35. The van der Waals surface area contributed by atoms with Gasteiger partial charge >= 0.3 is 6.03 Å². The third-order valence-corrected chi connectivity index (χ3v) is 5.83. The van der Waals surface area contributed by atoms with Gasteiger partial charge in [-0.1, -0.05) is 41.1 Å². The van der Waals surface area contributed by atoms with Gasteiger partial charge in [-0.3, -0.25) is 4.90 Å². The van der Waals surface area contributed by atoms with Crippen LogP contribution in [0.5, 0.6) is 5.75 Å². The number of rotatable bonds is 9. The van der Waals surface area contributed by atoms with Crippen molar-refractivity contribution < 1.29 is 18.8 Å². The van der Waals surface area contributed by atoms with Crippen LogP contribution in [0.2, 0.25) is 0 Å². The van der Waals surface area contributed by atoms with Gasteiger partial charge in [0.25, 0.3) is 5.89 Å². The van der Waals surface area contributed by atoms with Crippen LogP contribution in [0.4, 0.5) is 4.79 Å². The fourth-order valence-electron chi connectivity index (χ4n) is 4.10. The van der Waals surface area contributed by atoms with Crippen molar-refractivity contribution >= 4 is 11.6 Å². The summed E-state index contributed by atoms with van der Waals surface area (Å²) < 4.78 is 16.6. The minimum Gasteiger partial charge on any atom is -0.497 e. The normalized spacial score (nSPS) is 16.1. The summed E-state index contributed by atoms with van der Waals surface area (Å²) in [6.45, 7) is 7.64. The van der Waals surface area contributed by atoms with Gasteiger partial charge in [-0.2, -0.15) is 4.98 Å². The molecule has 0 spiro atoms. The second-order valence-electron chi connectivity index (χ2n) is 8.15. The van der Waals surface area contributed by atoms with Crippen molar-refractivity contribution in [2.24, 2.45) is 0 Å². The van der Waals surface area contributed by atoms with Gasteiger partial charge in [0.05, 0.1) is 18.7 Å². The van der Waals surface area contributed by atoms with Crippen molar-refractivity contribution in [1.82, 2.24) is 20.4 Å². The lowest BCUT2D eigenvalue weighted by Crippen LogP contribution is -2.46. The largest absolute Gasteiger partial charge is 0.497 e. The van der Waals surface area contributed by atoms with Gasteiger partial charge in [0.1, 0.15) is 5.75 Å². The summed E-state index contributed by atoms with van der Waals surface area (Å²) in [7, 11) is 1.62. The van der Waals surface area contributed by atoms with E-state index >= 15 is 0 Å². The van der Waals surface area contributed by atoms with Gasteiger partial charge in [0.15, 0.2) is 0 Å². The first-order valence-electron chi connectivity index (χ1n) is 11.4. The number of benzene rings is 2. The van der Waals surface area contributed by atoms with Gasteiger partial charge in [0, 0.05) is 31.0 Å². The average molecular weight is 463 g/mol. The first-order valence-corrected chi connectivity index (χ1v) is 11.4. The van der Waals surface area contributed by atoms with Crippen LogP contribution in [0.1, 0.15) is 43.3 Å². The maximum atomic E-state index is 13.1. The van der Waals surface area contributed by atoms with E-state index in [2.05, 4.69) is 10.5 Å². The molecule has 1 atom stereocenters. The molecule has 1 aliphatic rings. The molecule has 8 nitrogen and oxygen atoms in total. The number of methoxy groups -OCH3 is 1. The van der Waals surface area contributed by atoms with Gasteiger partial charge in [0.2, 0.25) is 5.82 Å². The smallest absolute Gasteiger partial charge is 0.322 e. The van der Waals surface area contributed by atoms with E-state index in [1.807, 2.05) is 69.3 Å². The Labute approximate surface area is 199 Å². The number of allylic oxidation sites excluding steroid dienone is 1. The molecule has 2 heterocycles. The molecule has 34 heavy (non-hydrogen) atoms. The molecule has 2 aromatic carbocycles. The predicted octanol–water partition coefficient (Wildman–Crippen LogP) is 4.98. The minimum atomic E-state index is -0.462. The third kappa shape index (κ3) is 4.97. The van der Waals surface area contributed by atoms with Crippen LogP contribution >= 0.6 is 0 Å². The lowest BCUT2D eigenvalue weighted by Gasteiger charge is -2.35. The number of aromatic nitrogens is 2. The number of nitrogens with one attached hydrogen (secondary N) is 1. The Hall–Kier alpha value is -3.65. The number of ether oxygens (including phenoxy) is 2. The molecule has 0 aliphatic carbocycles. The first kappa shape index (κ1) is 23.5. The molecular formula is C26H30N4O4. The fraction of sp³-hybridized carbons (Fsp3) is 0.346. The molecular weight excluding hydrogens is 432 g/mol. The van der Waals surface area contributed by atoms with Crippen LogP contribution in [0.25, 0.3) is 17.0 Å². The van der Waals surface area contributed by atoms with E-state index in [0.717, 1.165) is 28.0 Å². The molecule has 1 aromatic heterocycles. The molecule has 1 aliphatic heterocycles. The minimum absolute atomic E-state index is 0.177. The zero-order valence-corrected chi connectivity index (χ0v) is 20.0. The van der Waals surface area contributed by atoms with E-state index < -0.39 is 6.04 Å². The van der Waals surface area contributed by atoms with Gasteiger partial charge < -0.3 is 19.3 Å². The van der Waals surface area contributed by atoms with Crippen LogP contribution in [-0.2, 0) is 4.74 Å². The highest BCUT2D eigenvalue weighted by Crippen LogP contribution is 2.38. The Morgan fingerprint density at radius 1 is 1.15 bits per heavy atom. The summed E-state index contributed by atoms with van der Waals surface area (Å²) in [5.41, 5.74) is 4.38. The Kier molecular flexibility index (Phi) is 7.27. The van der Waals surface area contributed by atoms with Crippen LogP contribution in [0.3, 0.4) is 0 Å². The molecule has 0 fully saturated rings. The maximum Gasteiger partial charge on any atom is 0.322 e. The molecule has 3 aromatic rings. The summed E-state index contributed by atoms with van der Waals surface area (Å²) in [4.78, 5) is 19.5. The van der Waals surface area contributed by atoms with Crippen LogP contribution < -0.4 is 10.1 Å². The van der Waals surface area contributed by atoms with E-state index in [0.29, 0.717) is 43.6 Å². The molecule has 0 saturated carbocycles. The predicted molar refractivity (Wildman–Crippen MR) is 129 cm³/mol. The number of amides is 2. The first-order chi connectivity index (χ1) is 16.5. The topological polar surface area (TPSA) is 89.7 Å². The lowest BCUT2D eigenvalue weighted by atomic mass is 9.94. The van der Waals surface area contributed by atoms with Gasteiger partial charge in [-0.15, -0.1) is 0 Å². The summed E-state index contributed by atoms with van der Waals surface area (Å²) >= 11 is 0. The maximum absolute atomic E-state index is 13.1. The Morgan fingerprint density at radius 2 is 1.97 bits per heavy atom. The molecule has 8 heteroatoms. The molecule has 1 N–H and O–H groups in total. The van der Waals surface area contributed by atoms with E-state index in [4.69, 9.17) is 19.0 Å². The molecule has 0 radical (unpaired) electrons. The lowest BCUT2D eigenvalue weighted by molar-refractivity contribution is 0.136.